The predicted molar refractivity (Wildman–Crippen MR) is 139 cm³/mol. The number of allylic oxidation sites excluding steroid dienone is 1. The third-order valence-electron chi connectivity index (χ3n) is 5.95. The molecule has 0 spiro atoms. The zero-order chi connectivity index (χ0) is 24.5. The van der Waals surface area contributed by atoms with Gasteiger partial charge in [0.05, 0.1) is 12.7 Å². The van der Waals surface area contributed by atoms with Crippen LogP contribution in [0, 0.1) is 11.7 Å². The molecule has 0 radical (unpaired) electrons. The lowest BCUT2D eigenvalue weighted by Gasteiger charge is -2.36. The molecular formula is C22H27ClFN4O3PS2. The Bertz CT molecular complexity index is 1180. The van der Waals surface area contributed by atoms with Crippen LogP contribution in [0.2, 0.25) is 5.02 Å². The van der Waals surface area contributed by atoms with Crippen molar-refractivity contribution in [3.63, 3.8) is 0 Å². The fraction of sp³-hybridized carbons (Fsp3) is 0.409. The zero-order valence-corrected chi connectivity index (χ0v) is 22.4. The average Bonchev–Trinajstić information content (AvgIpc) is 3.32. The van der Waals surface area contributed by atoms with Crippen molar-refractivity contribution < 1.29 is 18.1 Å². The zero-order valence-electron chi connectivity index (χ0n) is 18.8. The van der Waals surface area contributed by atoms with Crippen LogP contribution in [-0.4, -0.2) is 40.4 Å². The average molecular weight is 545 g/mol. The van der Waals surface area contributed by atoms with E-state index in [-0.39, 0.29) is 17.0 Å². The summed E-state index contributed by atoms with van der Waals surface area (Å²) in [6.45, 7) is 0. The number of methoxy groups -OCH3 is 1. The van der Waals surface area contributed by atoms with E-state index in [4.69, 9.17) is 21.3 Å². The lowest BCUT2D eigenvalue weighted by atomic mass is 9.80. The maximum absolute atomic E-state index is 13.8. The van der Waals surface area contributed by atoms with Crippen LogP contribution in [0.4, 0.5) is 4.39 Å². The predicted octanol–water partition coefficient (Wildman–Crippen LogP) is 3.95. The fourth-order valence-corrected chi connectivity index (χ4v) is 6.97. The Hall–Kier alpha value is -1.71. The number of nitrogens with zero attached hydrogens (tertiary/aromatic N) is 2. The fourth-order valence-electron chi connectivity index (χ4n) is 4.49. The van der Waals surface area contributed by atoms with Crippen molar-refractivity contribution in [1.82, 2.24) is 15.0 Å². The van der Waals surface area contributed by atoms with E-state index in [1.165, 1.54) is 30.6 Å². The second-order valence-corrected chi connectivity index (χ2v) is 15.0. The van der Waals surface area contributed by atoms with Crippen molar-refractivity contribution in [1.29, 1.82) is 0 Å². The highest BCUT2D eigenvalue weighted by molar-refractivity contribution is 8.43. The standard InChI is InChI=1S/C22H27ClFN4O3PS2/c1-31-22(29)17-18(12-3-6-14(7-4-12)28-34(2,30)32)26-20(21-25-9-10-33-21)27-19(17)15-8-5-13(24)11-16(15)23/h5,8-12,14,19,34H,3-4,6-7,32H2,1-2H3,(H,26,27)(H,28,30)/t12-,14+,19?. The van der Waals surface area contributed by atoms with Crippen LogP contribution >= 0.6 is 31.4 Å². The van der Waals surface area contributed by atoms with Crippen LogP contribution in [-0.2, 0) is 19.3 Å². The lowest BCUT2D eigenvalue weighted by Crippen LogP contribution is -2.41. The smallest absolute Gasteiger partial charge is 0.338 e. The maximum Gasteiger partial charge on any atom is 0.338 e. The van der Waals surface area contributed by atoms with E-state index >= 15 is 0 Å². The number of hydrogen-bond acceptors (Lipinski definition) is 7. The number of aliphatic imine (C=N–C) groups is 1. The third kappa shape index (κ3) is 5.74. The summed E-state index contributed by atoms with van der Waals surface area (Å²) in [5.41, 5.74) is 1.60. The number of aromatic nitrogens is 1. The summed E-state index contributed by atoms with van der Waals surface area (Å²) in [7, 11) is 1.29. The number of carbonyl (C=O) groups excluding carboxylic acids is 1. The molecule has 2 atom stereocenters. The molecule has 12 heteroatoms. The molecule has 0 bridgehead atoms. The summed E-state index contributed by atoms with van der Waals surface area (Å²) in [5.74, 6) is -0.423. The first-order valence-electron chi connectivity index (χ1n) is 10.8. The second kappa shape index (κ2) is 10.5. The molecular weight excluding hydrogens is 518 g/mol. The largest absolute Gasteiger partial charge is 0.466 e. The van der Waals surface area contributed by atoms with Crippen molar-refractivity contribution >= 4 is 52.9 Å². The van der Waals surface area contributed by atoms with Gasteiger partial charge in [-0.05, 0) is 43.7 Å². The van der Waals surface area contributed by atoms with Crippen LogP contribution in [0.3, 0.4) is 0 Å². The van der Waals surface area contributed by atoms with Crippen LogP contribution in [0.15, 0.2) is 46.0 Å². The minimum absolute atomic E-state index is 0.0279. The van der Waals surface area contributed by atoms with Gasteiger partial charge in [-0.1, -0.05) is 35.8 Å². The first-order chi connectivity index (χ1) is 16.2. The Kier molecular flexibility index (Phi) is 7.84. The van der Waals surface area contributed by atoms with E-state index < -0.39 is 27.6 Å². The molecule has 0 amide bonds. The van der Waals surface area contributed by atoms with Crippen molar-refractivity contribution in [3.05, 3.63) is 62.5 Å². The van der Waals surface area contributed by atoms with E-state index in [1.807, 2.05) is 5.38 Å². The maximum atomic E-state index is 13.8. The number of halogens is 2. The second-order valence-electron chi connectivity index (χ2n) is 8.50. The summed E-state index contributed by atoms with van der Waals surface area (Å²) in [6.07, 6.45) is 6.55. The van der Waals surface area contributed by atoms with Crippen molar-refractivity contribution in [2.75, 3.05) is 13.4 Å². The number of nitrogens with one attached hydrogen (secondary N) is 2. The molecule has 2 N–H and O–H groups in total. The number of esters is 1. The van der Waals surface area contributed by atoms with Gasteiger partial charge < -0.3 is 10.1 Å². The first-order valence-corrected chi connectivity index (χ1v) is 15.8. The number of amidine groups is 1. The van der Waals surface area contributed by atoms with E-state index in [0.29, 0.717) is 22.0 Å². The third-order valence-corrected chi connectivity index (χ3v) is 8.38. The number of thiazole rings is 1. The Morgan fingerprint density at radius 1 is 1.35 bits per heavy atom. The molecule has 184 valence electrons. The van der Waals surface area contributed by atoms with E-state index in [2.05, 4.69) is 23.5 Å². The normalized spacial score (nSPS) is 23.8. The van der Waals surface area contributed by atoms with Crippen LogP contribution in [0.1, 0.15) is 42.3 Å². The number of thiol groups is 1. The van der Waals surface area contributed by atoms with Gasteiger partial charge in [-0.3, -0.25) is 13.9 Å². The van der Waals surface area contributed by atoms with E-state index in [9.17, 15) is 13.4 Å². The summed E-state index contributed by atoms with van der Waals surface area (Å²) >= 11 is 7.83. The van der Waals surface area contributed by atoms with Crippen LogP contribution < -0.4 is 10.0 Å². The van der Waals surface area contributed by atoms with E-state index in [0.717, 1.165) is 31.4 Å². The van der Waals surface area contributed by atoms with Gasteiger partial charge in [0, 0.05) is 40.2 Å². The highest BCUT2D eigenvalue weighted by Crippen LogP contribution is 2.41. The SMILES string of the molecule is COC(=O)C1=C([C@H]2CC[C@@H](N[SH](C)(=O)P)CC2)NC(c2nccs2)=NC1c1ccc(F)cc1Cl. The summed E-state index contributed by atoms with van der Waals surface area (Å²) in [6, 6.07) is 3.45. The van der Waals surface area contributed by atoms with Gasteiger partial charge in [0.2, 0.25) is 0 Å². The molecule has 34 heavy (non-hydrogen) atoms. The summed E-state index contributed by atoms with van der Waals surface area (Å²) in [4.78, 5) is 22.2. The molecule has 1 saturated carbocycles. The molecule has 2 heterocycles. The molecule has 1 aromatic carbocycles. The van der Waals surface area contributed by atoms with Crippen molar-refractivity contribution in [3.8, 4) is 0 Å². The number of hydrogen-bond donors (Lipinski definition) is 3. The molecule has 4 rings (SSSR count). The number of ether oxygens (including phenoxy) is 1. The minimum Gasteiger partial charge on any atom is -0.466 e. The van der Waals surface area contributed by atoms with Gasteiger partial charge in [-0.25, -0.2) is 14.2 Å². The van der Waals surface area contributed by atoms with E-state index in [1.54, 1.807) is 18.5 Å². The Morgan fingerprint density at radius 3 is 2.68 bits per heavy atom. The molecule has 7 nitrogen and oxygen atoms in total. The van der Waals surface area contributed by atoms with Crippen LogP contribution in [0.25, 0.3) is 0 Å². The van der Waals surface area contributed by atoms with Gasteiger partial charge in [-0.15, -0.1) is 11.3 Å². The summed E-state index contributed by atoms with van der Waals surface area (Å²) < 4.78 is 34.3. The van der Waals surface area contributed by atoms with Crippen molar-refractivity contribution in [2.24, 2.45) is 10.9 Å². The topological polar surface area (TPSA) is 92.7 Å². The van der Waals surface area contributed by atoms with Gasteiger partial charge in [-0.2, -0.15) is 0 Å². The molecule has 0 saturated heterocycles. The van der Waals surface area contributed by atoms with Gasteiger partial charge >= 0.3 is 5.97 Å². The highest BCUT2D eigenvalue weighted by Gasteiger charge is 2.37. The molecule has 2 aromatic rings. The lowest BCUT2D eigenvalue weighted by molar-refractivity contribution is -0.136. The highest BCUT2D eigenvalue weighted by atomic mass is 35.5. The Morgan fingerprint density at radius 2 is 2.09 bits per heavy atom. The number of carbonyl (C=O) groups is 1. The van der Waals surface area contributed by atoms with Gasteiger partial charge in [0.15, 0.2) is 10.8 Å². The van der Waals surface area contributed by atoms with Crippen molar-refractivity contribution in [2.45, 2.75) is 37.8 Å². The molecule has 1 aliphatic heterocycles. The number of rotatable bonds is 6. The van der Waals surface area contributed by atoms with Gasteiger partial charge in [0.1, 0.15) is 11.9 Å². The number of benzene rings is 1. The molecule has 1 aromatic heterocycles. The van der Waals surface area contributed by atoms with Crippen LogP contribution in [0.5, 0.6) is 0 Å². The molecule has 1 fully saturated rings. The Labute approximate surface area is 210 Å². The molecule has 2 unspecified atom stereocenters. The molecule has 2 aliphatic rings. The minimum atomic E-state index is -2.43. The summed E-state index contributed by atoms with van der Waals surface area (Å²) in [5, 5.41) is 6.07. The quantitative estimate of drug-likeness (QED) is 0.291. The molecule has 1 aliphatic carbocycles. The van der Waals surface area contributed by atoms with Gasteiger partial charge in [0.25, 0.3) is 0 Å². The Balaban J connectivity index is 1.75. The first kappa shape index (κ1) is 25.4. The monoisotopic (exact) mass is 544 g/mol.